The number of carbonyl (C=O) groups is 3. The highest BCUT2D eigenvalue weighted by Gasteiger charge is 2.55. The van der Waals surface area contributed by atoms with Crippen molar-refractivity contribution >= 4 is 17.9 Å². The normalized spacial score (nSPS) is 29.4. The number of carbonyl (C=O) groups excluding carboxylic acids is 3. The maximum atomic E-state index is 13.4. The van der Waals surface area contributed by atoms with Gasteiger partial charge in [-0.1, -0.05) is 60.7 Å². The van der Waals surface area contributed by atoms with E-state index in [9.17, 15) is 34.8 Å². The van der Waals surface area contributed by atoms with Gasteiger partial charge in [0.15, 0.2) is 30.9 Å². The highest BCUT2D eigenvalue weighted by atomic mass is 16.8. The van der Waals surface area contributed by atoms with Crippen LogP contribution in [0.2, 0.25) is 0 Å². The van der Waals surface area contributed by atoms with Crippen LogP contribution in [-0.4, -0.2) is 120 Å². The van der Waals surface area contributed by atoms with Crippen LogP contribution in [0.1, 0.15) is 31.1 Å². The summed E-state index contributed by atoms with van der Waals surface area (Å²) in [4.78, 5) is 39.9. The van der Waals surface area contributed by atoms with E-state index in [4.69, 9.17) is 33.2 Å². The minimum atomic E-state index is -1.79. The number of esters is 3. The highest BCUT2D eigenvalue weighted by Crippen LogP contribution is 2.34. The summed E-state index contributed by atoms with van der Waals surface area (Å²) in [7, 11) is 0. The SMILES string of the molecule is C=CCO[C@@H]1O[C@H](CO)[C@H](O)[C@H](O[C@H]2O[C@H](CO)[C@H](O)[C@H](OC(=O)c3ccccc3)[C@H]2OC(=O)c2ccccc2)[C@H]1OC(=O)c1ccccc1. The van der Waals surface area contributed by atoms with Crippen LogP contribution in [0.3, 0.4) is 0 Å². The van der Waals surface area contributed by atoms with Gasteiger partial charge in [0.1, 0.15) is 30.5 Å². The zero-order valence-electron chi connectivity index (χ0n) is 26.7. The minimum Gasteiger partial charge on any atom is -0.452 e. The van der Waals surface area contributed by atoms with E-state index >= 15 is 0 Å². The van der Waals surface area contributed by atoms with Crippen LogP contribution in [0.15, 0.2) is 104 Å². The second-order valence-corrected chi connectivity index (χ2v) is 11.4. The zero-order chi connectivity index (χ0) is 35.6. The molecule has 2 aliphatic heterocycles. The number of aliphatic hydroxyl groups is 4. The molecular weight excluding hydrogens is 656 g/mol. The summed E-state index contributed by atoms with van der Waals surface area (Å²) in [5.74, 6) is -2.65. The van der Waals surface area contributed by atoms with Crippen molar-refractivity contribution in [1.29, 1.82) is 0 Å². The Balaban J connectivity index is 1.53. The van der Waals surface area contributed by atoms with Gasteiger partial charge in [-0.05, 0) is 36.4 Å². The van der Waals surface area contributed by atoms with Crippen molar-refractivity contribution in [2.24, 2.45) is 0 Å². The van der Waals surface area contributed by atoms with Gasteiger partial charge in [0.2, 0.25) is 0 Å². The lowest BCUT2D eigenvalue weighted by Crippen LogP contribution is -2.66. The first-order valence-electron chi connectivity index (χ1n) is 15.8. The average molecular weight is 695 g/mol. The average Bonchev–Trinajstić information content (AvgIpc) is 3.15. The molecule has 3 aromatic rings. The molecule has 2 heterocycles. The van der Waals surface area contributed by atoms with E-state index in [0.717, 1.165) is 0 Å². The number of aliphatic hydroxyl groups excluding tert-OH is 4. The van der Waals surface area contributed by atoms with E-state index in [2.05, 4.69) is 6.58 Å². The van der Waals surface area contributed by atoms with Crippen LogP contribution >= 0.6 is 0 Å². The Morgan fingerprint density at radius 2 is 0.980 bits per heavy atom. The van der Waals surface area contributed by atoms with Gasteiger partial charge in [0.25, 0.3) is 0 Å². The van der Waals surface area contributed by atoms with E-state index in [1.807, 2.05) is 0 Å². The van der Waals surface area contributed by atoms with Gasteiger partial charge in [0.05, 0.1) is 36.5 Å². The van der Waals surface area contributed by atoms with E-state index in [-0.39, 0.29) is 23.3 Å². The molecule has 0 radical (unpaired) electrons. The molecule has 5 rings (SSSR count). The monoisotopic (exact) mass is 694 g/mol. The largest absolute Gasteiger partial charge is 0.452 e. The smallest absolute Gasteiger partial charge is 0.338 e. The highest BCUT2D eigenvalue weighted by molar-refractivity contribution is 5.90. The van der Waals surface area contributed by atoms with Gasteiger partial charge in [-0.15, -0.1) is 6.58 Å². The fourth-order valence-electron chi connectivity index (χ4n) is 5.48. The molecule has 0 aliphatic carbocycles. The number of hydrogen-bond acceptors (Lipinski definition) is 14. The topological polar surface area (TPSA) is 197 Å². The summed E-state index contributed by atoms with van der Waals surface area (Å²) in [6, 6.07) is 23.5. The summed E-state index contributed by atoms with van der Waals surface area (Å²) < 4.78 is 40.9. The van der Waals surface area contributed by atoms with Gasteiger partial charge in [-0.2, -0.15) is 0 Å². The molecule has 2 fully saturated rings. The molecule has 266 valence electrons. The first-order valence-corrected chi connectivity index (χ1v) is 15.8. The Morgan fingerprint density at radius 1 is 0.600 bits per heavy atom. The van der Waals surface area contributed by atoms with Gasteiger partial charge >= 0.3 is 17.9 Å². The fraction of sp³-hybridized carbons (Fsp3) is 0.361. The lowest BCUT2D eigenvalue weighted by atomic mass is 9.96. The van der Waals surface area contributed by atoms with Gasteiger partial charge in [-0.3, -0.25) is 0 Å². The quantitative estimate of drug-likeness (QED) is 0.114. The maximum absolute atomic E-state index is 13.4. The Bertz CT molecular complexity index is 1550. The van der Waals surface area contributed by atoms with Crippen LogP contribution in [0.5, 0.6) is 0 Å². The molecule has 0 spiro atoms. The predicted octanol–water partition coefficient (Wildman–Crippen LogP) is 1.41. The van der Waals surface area contributed by atoms with E-state index in [0.29, 0.717) is 0 Å². The molecule has 14 nitrogen and oxygen atoms in total. The number of ether oxygens (including phenoxy) is 7. The van der Waals surface area contributed by atoms with Crippen LogP contribution in [0, 0.1) is 0 Å². The summed E-state index contributed by atoms with van der Waals surface area (Å²) in [5, 5.41) is 42.9. The molecule has 50 heavy (non-hydrogen) atoms. The molecule has 0 amide bonds. The van der Waals surface area contributed by atoms with Crippen molar-refractivity contribution in [1.82, 2.24) is 0 Å². The summed E-state index contributed by atoms with van der Waals surface area (Å²) in [6.07, 6.45) is -14.6. The van der Waals surface area contributed by atoms with Gasteiger partial charge < -0.3 is 53.6 Å². The molecule has 10 atom stereocenters. The molecule has 3 aromatic carbocycles. The molecule has 0 aromatic heterocycles. The first kappa shape index (κ1) is 36.8. The molecular formula is C36H38O14. The second-order valence-electron chi connectivity index (χ2n) is 11.4. The number of benzene rings is 3. The summed E-state index contributed by atoms with van der Waals surface area (Å²) in [6.45, 7) is 1.99. The fourth-order valence-corrected chi connectivity index (χ4v) is 5.48. The van der Waals surface area contributed by atoms with Crippen molar-refractivity contribution in [2.45, 2.75) is 61.4 Å². The number of hydrogen-bond donors (Lipinski definition) is 4. The Labute approximate surface area is 287 Å². The van der Waals surface area contributed by atoms with Crippen molar-refractivity contribution in [3.8, 4) is 0 Å². The molecule has 0 unspecified atom stereocenters. The van der Waals surface area contributed by atoms with E-state index < -0.39 is 92.5 Å². The molecule has 4 N–H and O–H groups in total. The van der Waals surface area contributed by atoms with Crippen LogP contribution in [0.4, 0.5) is 0 Å². The van der Waals surface area contributed by atoms with Crippen molar-refractivity contribution in [3.05, 3.63) is 120 Å². The summed E-state index contributed by atoms with van der Waals surface area (Å²) >= 11 is 0. The zero-order valence-corrected chi connectivity index (χ0v) is 26.7. The van der Waals surface area contributed by atoms with Crippen molar-refractivity contribution in [3.63, 3.8) is 0 Å². The minimum absolute atomic E-state index is 0.0946. The second kappa shape index (κ2) is 17.4. The van der Waals surface area contributed by atoms with Crippen molar-refractivity contribution in [2.75, 3.05) is 19.8 Å². The van der Waals surface area contributed by atoms with Gasteiger partial charge in [0, 0.05) is 0 Å². The molecule has 14 heteroatoms. The van der Waals surface area contributed by atoms with Crippen LogP contribution < -0.4 is 0 Å². The van der Waals surface area contributed by atoms with Gasteiger partial charge in [-0.25, -0.2) is 14.4 Å². The first-order chi connectivity index (χ1) is 24.2. The Morgan fingerprint density at radius 3 is 1.40 bits per heavy atom. The third-order valence-corrected chi connectivity index (χ3v) is 8.02. The molecule has 2 aliphatic rings. The third kappa shape index (κ3) is 8.61. The summed E-state index contributed by atoms with van der Waals surface area (Å²) in [5.41, 5.74) is 0.350. The van der Waals surface area contributed by atoms with Crippen LogP contribution in [0.25, 0.3) is 0 Å². The van der Waals surface area contributed by atoms with E-state index in [1.54, 1.807) is 54.6 Å². The molecule has 0 bridgehead atoms. The third-order valence-electron chi connectivity index (χ3n) is 8.02. The molecule has 2 saturated heterocycles. The standard InChI is InChI=1S/C36H38O14/c1-2-18-44-35-30(48-33(42)22-14-8-4-9-15-22)29(27(40)24(19-37)45-35)50-36-31(49-34(43)23-16-10-5-11-17-23)28(26(39)25(20-38)46-36)47-32(41)21-12-6-3-7-13-21/h2-17,24-31,35-40H,1,18-20H2/t24-,25-,26+,27+,28+,29+,30-,31-,35-,36-/m1/s1. The lowest BCUT2D eigenvalue weighted by Gasteiger charge is -2.47. The predicted molar refractivity (Wildman–Crippen MR) is 171 cm³/mol. The lowest BCUT2D eigenvalue weighted by molar-refractivity contribution is -0.357. The van der Waals surface area contributed by atoms with Crippen molar-refractivity contribution < 1.29 is 68.0 Å². The van der Waals surface area contributed by atoms with E-state index in [1.165, 1.54) is 42.5 Å². The molecule has 0 saturated carbocycles. The Kier molecular flexibility index (Phi) is 12.8. The van der Waals surface area contributed by atoms with Crippen LogP contribution in [-0.2, 0) is 33.2 Å². The number of rotatable bonds is 13. The maximum Gasteiger partial charge on any atom is 0.338 e. The Hall–Kier alpha value is -4.51.